The summed E-state index contributed by atoms with van der Waals surface area (Å²) in [5.41, 5.74) is 0.331. The van der Waals surface area contributed by atoms with Crippen molar-refractivity contribution in [1.29, 1.82) is 0 Å². The van der Waals surface area contributed by atoms with Crippen LogP contribution in [-0.2, 0) is 4.79 Å². The molecule has 162 valence electrons. The number of fused-ring (bicyclic) bond motifs is 1. The minimum absolute atomic E-state index is 0.0324. The highest BCUT2D eigenvalue weighted by molar-refractivity contribution is 6.06. The van der Waals surface area contributed by atoms with Crippen LogP contribution >= 0.6 is 0 Å². The molecule has 2 heterocycles. The molecule has 1 aliphatic rings. The molecule has 0 spiro atoms. The Balaban J connectivity index is 1.48. The van der Waals surface area contributed by atoms with Gasteiger partial charge in [0.1, 0.15) is 11.7 Å². The zero-order valence-corrected chi connectivity index (χ0v) is 17.5. The molecule has 31 heavy (non-hydrogen) atoms. The lowest BCUT2D eigenvalue weighted by molar-refractivity contribution is -0.124. The molecular weight excluding hydrogens is 394 g/mol. The van der Waals surface area contributed by atoms with Crippen molar-refractivity contribution >= 4 is 22.6 Å². The lowest BCUT2D eigenvalue weighted by Gasteiger charge is -2.23. The second kappa shape index (κ2) is 9.63. The van der Waals surface area contributed by atoms with Crippen LogP contribution in [0.25, 0.3) is 10.8 Å². The predicted molar refractivity (Wildman–Crippen MR) is 115 cm³/mol. The number of hydrogen-bond acceptors (Lipinski definition) is 6. The monoisotopic (exact) mass is 421 g/mol. The van der Waals surface area contributed by atoms with E-state index in [2.05, 4.69) is 43.2 Å². The number of amides is 2. The van der Waals surface area contributed by atoms with Gasteiger partial charge in [0.05, 0.1) is 0 Å². The fraction of sp³-hybridized carbons (Fsp3) is 0.455. The van der Waals surface area contributed by atoms with Gasteiger partial charge >= 0.3 is 0 Å². The number of nitrogens with one attached hydrogen (secondary N) is 3. The zero-order valence-electron chi connectivity index (χ0n) is 17.5. The van der Waals surface area contributed by atoms with E-state index in [1.54, 1.807) is 6.20 Å². The quantitative estimate of drug-likeness (QED) is 0.513. The molecule has 0 aliphatic heterocycles. The average molecular weight is 422 g/mol. The molecule has 9 nitrogen and oxygen atoms in total. The van der Waals surface area contributed by atoms with Crippen LogP contribution in [-0.4, -0.2) is 49.5 Å². The third-order valence-corrected chi connectivity index (χ3v) is 5.89. The Labute approximate surface area is 180 Å². The maximum atomic E-state index is 13.1. The summed E-state index contributed by atoms with van der Waals surface area (Å²) in [6, 6.07) is 8.77. The smallest absolute Gasteiger partial charge is 0.271 e. The predicted octanol–water partition coefficient (Wildman–Crippen LogP) is 2.49. The van der Waals surface area contributed by atoms with E-state index in [4.69, 9.17) is 0 Å². The van der Waals surface area contributed by atoms with Crippen LogP contribution in [0.5, 0.6) is 0 Å². The van der Waals surface area contributed by atoms with Crippen molar-refractivity contribution in [3.8, 4) is 0 Å². The highest BCUT2D eigenvalue weighted by atomic mass is 16.2. The molecule has 4 rings (SSSR count). The van der Waals surface area contributed by atoms with Gasteiger partial charge in [-0.1, -0.05) is 55.7 Å². The minimum Gasteiger partial charge on any atom is -0.351 e. The van der Waals surface area contributed by atoms with Crippen LogP contribution in [0.4, 0.5) is 0 Å². The van der Waals surface area contributed by atoms with Crippen LogP contribution in [0.3, 0.4) is 0 Å². The normalized spacial score (nSPS) is 19.3. The van der Waals surface area contributed by atoms with Gasteiger partial charge in [-0.2, -0.15) is 5.21 Å². The minimum atomic E-state index is -0.625. The topological polar surface area (TPSA) is 126 Å². The lowest BCUT2D eigenvalue weighted by atomic mass is 10.0. The Bertz CT molecular complexity index is 1030. The van der Waals surface area contributed by atoms with E-state index in [0.717, 1.165) is 42.9 Å². The summed E-state index contributed by atoms with van der Waals surface area (Å²) in [5.74, 6) is 0.137. The molecule has 2 amide bonds. The van der Waals surface area contributed by atoms with Crippen LogP contribution in [0.1, 0.15) is 67.7 Å². The van der Waals surface area contributed by atoms with E-state index in [-0.39, 0.29) is 23.8 Å². The van der Waals surface area contributed by atoms with Crippen molar-refractivity contribution in [2.45, 2.75) is 63.5 Å². The fourth-order valence-electron chi connectivity index (χ4n) is 4.26. The van der Waals surface area contributed by atoms with Gasteiger partial charge < -0.3 is 10.6 Å². The summed E-state index contributed by atoms with van der Waals surface area (Å²) in [7, 11) is 0. The summed E-state index contributed by atoms with van der Waals surface area (Å²) in [4.78, 5) is 30.5. The molecule has 1 fully saturated rings. The van der Waals surface area contributed by atoms with E-state index in [1.807, 2.05) is 30.3 Å². The summed E-state index contributed by atoms with van der Waals surface area (Å²) < 4.78 is 0. The summed E-state index contributed by atoms with van der Waals surface area (Å²) in [6.45, 7) is 2.06. The van der Waals surface area contributed by atoms with Crippen LogP contribution in [0, 0.1) is 0 Å². The number of aromatic nitrogens is 5. The van der Waals surface area contributed by atoms with Gasteiger partial charge in [0, 0.05) is 23.5 Å². The van der Waals surface area contributed by atoms with Crippen molar-refractivity contribution < 1.29 is 9.59 Å². The largest absolute Gasteiger partial charge is 0.351 e. The van der Waals surface area contributed by atoms with E-state index in [1.165, 1.54) is 0 Å². The number of benzene rings is 1. The number of carbonyl (C=O) groups excluding carboxylic acids is 2. The Morgan fingerprint density at radius 1 is 1.23 bits per heavy atom. The van der Waals surface area contributed by atoms with Crippen LogP contribution in [0.2, 0.25) is 0 Å². The van der Waals surface area contributed by atoms with E-state index in [0.29, 0.717) is 17.9 Å². The first-order valence-electron chi connectivity index (χ1n) is 10.9. The van der Waals surface area contributed by atoms with Gasteiger partial charge in [0.25, 0.3) is 5.91 Å². The number of unbranched alkanes of at least 4 members (excludes halogenated alkanes) is 1. The molecule has 9 heteroatoms. The Morgan fingerprint density at radius 2 is 2.10 bits per heavy atom. The van der Waals surface area contributed by atoms with E-state index >= 15 is 0 Å². The number of hydrogen-bond donors (Lipinski definition) is 3. The van der Waals surface area contributed by atoms with Crippen LogP contribution < -0.4 is 10.6 Å². The summed E-state index contributed by atoms with van der Waals surface area (Å²) >= 11 is 0. The summed E-state index contributed by atoms with van der Waals surface area (Å²) in [5, 5.41) is 22.1. The maximum absolute atomic E-state index is 13.1. The number of carbonyl (C=O) groups is 2. The number of nitrogens with zero attached hydrogens (tertiary/aromatic N) is 4. The van der Waals surface area contributed by atoms with Crippen molar-refractivity contribution in [2.24, 2.45) is 0 Å². The Hall–Kier alpha value is -3.36. The zero-order chi connectivity index (χ0) is 21.6. The molecule has 1 saturated carbocycles. The number of aromatic amines is 1. The standard InChI is InChI=1S/C22H27N7O2/c1-2-3-10-18(21(30)24-17-11-6-9-16(17)20-26-28-29-27-20)25-22(31)19-15-8-5-4-7-14(15)12-13-23-19/h4-5,7-8,12-13,16-18H,2-3,6,9-11H2,1H3,(H,24,30)(H,25,31)(H,26,27,28,29)/t16-,17+,18+/m1/s1. The molecule has 2 aromatic heterocycles. The number of pyridine rings is 1. The van der Waals surface area contributed by atoms with Crippen molar-refractivity contribution in [3.63, 3.8) is 0 Å². The van der Waals surface area contributed by atoms with E-state index in [9.17, 15) is 9.59 Å². The molecule has 1 aliphatic carbocycles. The molecule has 3 atom stereocenters. The molecule has 0 bridgehead atoms. The first-order valence-corrected chi connectivity index (χ1v) is 10.9. The maximum Gasteiger partial charge on any atom is 0.271 e. The molecule has 0 saturated heterocycles. The van der Waals surface area contributed by atoms with Gasteiger partial charge in [-0.15, -0.1) is 10.2 Å². The van der Waals surface area contributed by atoms with Crippen molar-refractivity contribution in [2.75, 3.05) is 0 Å². The second-order valence-corrected chi connectivity index (χ2v) is 7.97. The lowest BCUT2D eigenvalue weighted by Crippen LogP contribution is -2.50. The highest BCUT2D eigenvalue weighted by Crippen LogP contribution is 2.32. The molecular formula is C22H27N7O2. The first-order chi connectivity index (χ1) is 15.2. The third kappa shape index (κ3) is 4.70. The first kappa shape index (κ1) is 20.9. The fourth-order valence-corrected chi connectivity index (χ4v) is 4.26. The Kier molecular flexibility index (Phi) is 6.49. The van der Waals surface area contributed by atoms with Crippen molar-refractivity contribution in [3.05, 3.63) is 48.0 Å². The number of H-pyrrole nitrogens is 1. The van der Waals surface area contributed by atoms with Crippen LogP contribution in [0.15, 0.2) is 36.5 Å². The van der Waals surface area contributed by atoms with Gasteiger partial charge in [-0.3, -0.25) is 14.6 Å². The highest BCUT2D eigenvalue weighted by Gasteiger charge is 2.34. The molecule has 0 unspecified atom stereocenters. The van der Waals surface area contributed by atoms with Gasteiger partial charge in [-0.25, -0.2) is 0 Å². The average Bonchev–Trinajstić information content (AvgIpc) is 3.47. The Morgan fingerprint density at radius 3 is 2.90 bits per heavy atom. The van der Waals surface area contributed by atoms with Gasteiger partial charge in [0.15, 0.2) is 5.82 Å². The summed E-state index contributed by atoms with van der Waals surface area (Å²) in [6.07, 6.45) is 6.68. The third-order valence-electron chi connectivity index (χ3n) is 5.89. The van der Waals surface area contributed by atoms with Gasteiger partial charge in [-0.05, 0) is 30.7 Å². The SMILES string of the molecule is CCCC[C@H](NC(=O)c1nccc2ccccc12)C(=O)N[C@H]1CCC[C@H]1c1nn[nH]n1. The molecule has 3 N–H and O–H groups in total. The van der Waals surface area contributed by atoms with E-state index < -0.39 is 6.04 Å². The second-order valence-electron chi connectivity index (χ2n) is 7.97. The molecule has 0 radical (unpaired) electrons. The molecule has 3 aromatic rings. The molecule has 1 aromatic carbocycles. The van der Waals surface area contributed by atoms with Gasteiger partial charge in [0.2, 0.25) is 5.91 Å². The van der Waals surface area contributed by atoms with Crippen molar-refractivity contribution in [1.82, 2.24) is 36.2 Å². The number of rotatable bonds is 8. The number of tetrazole rings is 1.